The minimum atomic E-state index is -3.65. The Balaban J connectivity index is 1.66. The van der Waals surface area contributed by atoms with Crippen LogP contribution in [0.3, 0.4) is 0 Å². The zero-order valence-electron chi connectivity index (χ0n) is 14.5. The Morgan fingerprint density at radius 2 is 1.96 bits per heavy atom. The number of sulfonamides is 1. The normalized spacial score (nSPS) is 16.4. The van der Waals surface area contributed by atoms with Gasteiger partial charge in [-0.1, -0.05) is 23.4 Å². The molecular formula is C18H21N3O3S. The van der Waals surface area contributed by atoms with E-state index in [1.54, 1.807) is 13.8 Å². The van der Waals surface area contributed by atoms with Gasteiger partial charge in [0, 0.05) is 28.6 Å². The van der Waals surface area contributed by atoms with Gasteiger partial charge >= 0.3 is 0 Å². The van der Waals surface area contributed by atoms with Crippen molar-refractivity contribution in [1.82, 2.24) is 14.9 Å². The SMILES string of the molecule is Cc1noc(C)c1S(=O)(=O)NCC1(c2c(C)[nH]c3ccccc23)CC1. The van der Waals surface area contributed by atoms with Gasteiger partial charge in [-0.15, -0.1) is 0 Å². The number of hydrogen-bond acceptors (Lipinski definition) is 4. The second-order valence-corrected chi connectivity index (χ2v) is 8.63. The molecule has 1 fully saturated rings. The van der Waals surface area contributed by atoms with Crippen molar-refractivity contribution in [3.63, 3.8) is 0 Å². The summed E-state index contributed by atoms with van der Waals surface area (Å²) in [6.07, 6.45) is 1.94. The molecule has 2 heterocycles. The molecule has 2 N–H and O–H groups in total. The van der Waals surface area contributed by atoms with Gasteiger partial charge in [-0.25, -0.2) is 13.1 Å². The van der Waals surface area contributed by atoms with Gasteiger partial charge in [0.05, 0.1) is 0 Å². The number of hydrogen-bond donors (Lipinski definition) is 2. The summed E-state index contributed by atoms with van der Waals surface area (Å²) < 4.78 is 33.2. The number of H-pyrrole nitrogens is 1. The van der Waals surface area contributed by atoms with Crippen LogP contribution >= 0.6 is 0 Å². The van der Waals surface area contributed by atoms with Crippen molar-refractivity contribution in [3.05, 3.63) is 47.0 Å². The Morgan fingerprint density at radius 3 is 2.60 bits per heavy atom. The summed E-state index contributed by atoms with van der Waals surface area (Å²) in [6.45, 7) is 5.69. The molecule has 7 heteroatoms. The van der Waals surface area contributed by atoms with Crippen molar-refractivity contribution in [2.45, 2.75) is 43.9 Å². The first-order valence-corrected chi connectivity index (χ1v) is 9.83. The molecule has 1 aliphatic carbocycles. The van der Waals surface area contributed by atoms with E-state index < -0.39 is 10.0 Å². The highest BCUT2D eigenvalue weighted by Crippen LogP contribution is 2.51. The van der Waals surface area contributed by atoms with Crippen LogP contribution in [0.2, 0.25) is 0 Å². The summed E-state index contributed by atoms with van der Waals surface area (Å²) in [5.74, 6) is 0.318. The van der Waals surface area contributed by atoms with Crippen LogP contribution in [-0.4, -0.2) is 25.1 Å². The zero-order valence-corrected chi connectivity index (χ0v) is 15.3. The number of fused-ring (bicyclic) bond motifs is 1. The van der Waals surface area contributed by atoms with E-state index in [9.17, 15) is 8.42 Å². The van der Waals surface area contributed by atoms with Crippen LogP contribution in [0.4, 0.5) is 0 Å². The summed E-state index contributed by atoms with van der Waals surface area (Å²) in [5, 5.41) is 4.92. The fourth-order valence-electron chi connectivity index (χ4n) is 3.79. The van der Waals surface area contributed by atoms with Gasteiger partial charge in [-0.3, -0.25) is 0 Å². The van der Waals surface area contributed by atoms with Crippen LogP contribution in [0.5, 0.6) is 0 Å². The van der Waals surface area contributed by atoms with Gasteiger partial charge in [0.25, 0.3) is 0 Å². The van der Waals surface area contributed by atoms with Gasteiger partial charge in [-0.05, 0) is 45.2 Å². The number of aromatic amines is 1. The van der Waals surface area contributed by atoms with Crippen molar-refractivity contribution < 1.29 is 12.9 Å². The molecule has 0 saturated heterocycles. The topological polar surface area (TPSA) is 88.0 Å². The third kappa shape index (κ3) is 2.58. The fraction of sp³-hybridized carbons (Fsp3) is 0.389. The molecule has 0 spiro atoms. The molecule has 4 rings (SSSR count). The van der Waals surface area contributed by atoms with E-state index in [-0.39, 0.29) is 10.3 Å². The Bertz CT molecular complexity index is 1040. The van der Waals surface area contributed by atoms with Crippen molar-refractivity contribution >= 4 is 20.9 Å². The summed E-state index contributed by atoms with van der Waals surface area (Å²) in [5.41, 5.74) is 3.67. The average molecular weight is 359 g/mol. The maximum atomic E-state index is 12.7. The zero-order chi connectivity index (χ0) is 17.8. The van der Waals surface area contributed by atoms with Crippen molar-refractivity contribution in [2.24, 2.45) is 0 Å². The molecule has 2 aromatic heterocycles. The van der Waals surface area contributed by atoms with E-state index in [0.717, 1.165) is 24.1 Å². The maximum absolute atomic E-state index is 12.7. The predicted molar refractivity (Wildman–Crippen MR) is 95.1 cm³/mol. The van der Waals surface area contributed by atoms with Gasteiger partial charge in [0.2, 0.25) is 10.0 Å². The minimum absolute atomic E-state index is 0.143. The van der Waals surface area contributed by atoms with Crippen molar-refractivity contribution in [2.75, 3.05) is 6.54 Å². The second-order valence-electron chi connectivity index (χ2n) is 6.93. The lowest BCUT2D eigenvalue weighted by Gasteiger charge is -2.17. The van der Waals surface area contributed by atoms with Crippen molar-refractivity contribution in [3.8, 4) is 0 Å². The smallest absolute Gasteiger partial charge is 0.245 e. The first kappa shape index (κ1) is 16.4. The van der Waals surface area contributed by atoms with Gasteiger partial charge in [0.1, 0.15) is 10.6 Å². The van der Waals surface area contributed by atoms with Crippen LogP contribution in [-0.2, 0) is 15.4 Å². The summed E-state index contributed by atoms with van der Waals surface area (Å²) in [6, 6.07) is 8.16. The van der Waals surface area contributed by atoms with E-state index in [0.29, 0.717) is 18.0 Å². The standard InChI is InChI=1S/C18H21N3O3S/c1-11-16(14-6-4-5-7-15(14)20-11)18(8-9-18)10-19-25(22,23)17-12(2)21-24-13(17)3/h4-7,19-20H,8-10H2,1-3H3. The fourth-order valence-corrected chi connectivity index (χ4v) is 5.24. The molecule has 132 valence electrons. The summed E-state index contributed by atoms with van der Waals surface area (Å²) in [4.78, 5) is 3.57. The van der Waals surface area contributed by atoms with Crippen molar-refractivity contribution in [1.29, 1.82) is 0 Å². The molecule has 25 heavy (non-hydrogen) atoms. The molecule has 6 nitrogen and oxygen atoms in total. The highest BCUT2D eigenvalue weighted by Gasteiger charge is 2.47. The van der Waals surface area contributed by atoms with E-state index in [4.69, 9.17) is 4.52 Å². The molecule has 1 aromatic carbocycles. The molecule has 0 bridgehead atoms. The quantitative estimate of drug-likeness (QED) is 0.733. The van der Waals surface area contributed by atoms with Crippen LogP contribution in [0, 0.1) is 20.8 Å². The number of aryl methyl sites for hydroxylation is 3. The van der Waals surface area contributed by atoms with E-state index in [2.05, 4.69) is 33.9 Å². The number of aromatic nitrogens is 2. The van der Waals surface area contributed by atoms with Crippen LogP contribution in [0.15, 0.2) is 33.7 Å². The third-order valence-corrected chi connectivity index (χ3v) is 6.76. The lowest BCUT2D eigenvalue weighted by atomic mass is 9.93. The molecule has 0 atom stereocenters. The summed E-state index contributed by atoms with van der Waals surface area (Å²) >= 11 is 0. The number of rotatable bonds is 5. The predicted octanol–water partition coefficient (Wildman–Crippen LogP) is 3.09. The molecule has 1 aliphatic rings. The lowest BCUT2D eigenvalue weighted by molar-refractivity contribution is 0.390. The highest BCUT2D eigenvalue weighted by molar-refractivity contribution is 7.89. The first-order chi connectivity index (χ1) is 11.8. The van der Waals surface area contributed by atoms with Crippen LogP contribution in [0.1, 0.15) is 35.6 Å². The number of nitrogens with one attached hydrogen (secondary N) is 2. The van der Waals surface area contributed by atoms with Crippen LogP contribution in [0.25, 0.3) is 10.9 Å². The first-order valence-electron chi connectivity index (χ1n) is 8.34. The summed E-state index contributed by atoms with van der Waals surface area (Å²) in [7, 11) is -3.65. The highest BCUT2D eigenvalue weighted by atomic mass is 32.2. The van der Waals surface area contributed by atoms with Gasteiger partial charge < -0.3 is 9.51 Å². The van der Waals surface area contributed by atoms with Gasteiger partial charge in [-0.2, -0.15) is 0 Å². The molecule has 3 aromatic rings. The van der Waals surface area contributed by atoms with E-state index in [1.165, 1.54) is 10.9 Å². The number of nitrogens with zero attached hydrogens (tertiary/aromatic N) is 1. The Kier molecular flexibility index (Phi) is 3.56. The molecule has 0 aliphatic heterocycles. The monoisotopic (exact) mass is 359 g/mol. The lowest BCUT2D eigenvalue weighted by Crippen LogP contribution is -2.33. The number of benzene rings is 1. The van der Waals surface area contributed by atoms with E-state index in [1.807, 2.05) is 12.1 Å². The second kappa shape index (κ2) is 5.44. The van der Waals surface area contributed by atoms with E-state index >= 15 is 0 Å². The van der Waals surface area contributed by atoms with Gasteiger partial charge in [0.15, 0.2) is 5.76 Å². The number of para-hydroxylation sites is 1. The molecule has 0 unspecified atom stereocenters. The Labute approximate surface area is 146 Å². The molecule has 1 saturated carbocycles. The average Bonchev–Trinajstić information content (AvgIpc) is 3.14. The maximum Gasteiger partial charge on any atom is 0.245 e. The Morgan fingerprint density at radius 1 is 1.24 bits per heavy atom. The minimum Gasteiger partial charge on any atom is -0.360 e. The largest absolute Gasteiger partial charge is 0.360 e. The molecule has 0 amide bonds. The molecule has 0 radical (unpaired) electrons. The molecular weight excluding hydrogens is 338 g/mol. The third-order valence-electron chi connectivity index (χ3n) is 5.11. The van der Waals surface area contributed by atoms with Crippen LogP contribution < -0.4 is 4.72 Å². The Hall–Kier alpha value is -2.12.